The average Bonchev–Trinajstić information content (AvgIpc) is 2.91. The Hall–Kier alpha value is -2.12. The van der Waals surface area contributed by atoms with Crippen LogP contribution in [0.2, 0.25) is 0 Å². The molecule has 0 aliphatic heterocycles. The van der Waals surface area contributed by atoms with Gasteiger partial charge in [0.1, 0.15) is 6.07 Å². The molecule has 4 heteroatoms. The number of benzene rings is 1. The number of hydrogen-bond donors (Lipinski definition) is 1. The summed E-state index contributed by atoms with van der Waals surface area (Å²) in [6.45, 7) is 2.25. The van der Waals surface area contributed by atoms with E-state index in [1.807, 2.05) is 12.1 Å². The van der Waals surface area contributed by atoms with E-state index in [1.165, 1.54) is 16.9 Å². The minimum Gasteiger partial charge on any atom is -0.320 e. The van der Waals surface area contributed by atoms with E-state index in [0.29, 0.717) is 17.2 Å². The van der Waals surface area contributed by atoms with Gasteiger partial charge in [-0.3, -0.25) is 4.79 Å². The molecular weight excluding hydrogens is 280 g/mol. The molecular formula is C17H16N2OS. The number of rotatable bonds is 2. The number of carbonyl (C=O) groups excluding carboxylic acids is 1. The van der Waals surface area contributed by atoms with Gasteiger partial charge in [0, 0.05) is 4.88 Å². The average molecular weight is 296 g/mol. The van der Waals surface area contributed by atoms with Crippen molar-refractivity contribution in [3.63, 3.8) is 0 Å². The molecule has 0 saturated carbocycles. The van der Waals surface area contributed by atoms with Crippen LogP contribution >= 0.6 is 11.3 Å². The molecule has 2 aromatic rings. The maximum atomic E-state index is 12.4. The van der Waals surface area contributed by atoms with Crippen LogP contribution in [0.4, 0.5) is 5.69 Å². The monoisotopic (exact) mass is 296 g/mol. The molecule has 3 nitrogen and oxygen atoms in total. The maximum absolute atomic E-state index is 12.4. The van der Waals surface area contributed by atoms with Crippen molar-refractivity contribution in [3.05, 3.63) is 51.2 Å². The number of amides is 1. The highest BCUT2D eigenvalue weighted by Crippen LogP contribution is 2.32. The highest BCUT2D eigenvalue weighted by Gasteiger charge is 2.21. The second-order valence-electron chi connectivity index (χ2n) is 5.52. The Bertz CT molecular complexity index is 727. The van der Waals surface area contributed by atoms with E-state index in [1.54, 1.807) is 29.5 Å². The number of anilines is 1. The van der Waals surface area contributed by atoms with E-state index in [9.17, 15) is 4.79 Å². The molecule has 0 spiro atoms. The summed E-state index contributed by atoms with van der Waals surface area (Å²) in [5.41, 5.74) is 2.38. The molecule has 1 amide bonds. The maximum Gasteiger partial charge on any atom is 0.265 e. The predicted molar refractivity (Wildman–Crippen MR) is 84.6 cm³/mol. The summed E-state index contributed by atoms with van der Waals surface area (Å²) < 4.78 is 0. The van der Waals surface area contributed by atoms with Crippen LogP contribution < -0.4 is 5.32 Å². The summed E-state index contributed by atoms with van der Waals surface area (Å²) in [6.07, 6.45) is 3.34. The van der Waals surface area contributed by atoms with Gasteiger partial charge in [0.15, 0.2) is 0 Å². The van der Waals surface area contributed by atoms with E-state index in [2.05, 4.69) is 18.3 Å². The van der Waals surface area contributed by atoms with E-state index < -0.39 is 0 Å². The summed E-state index contributed by atoms with van der Waals surface area (Å²) >= 11 is 1.58. The fourth-order valence-electron chi connectivity index (χ4n) is 2.69. The zero-order valence-electron chi connectivity index (χ0n) is 11.8. The molecule has 1 aromatic heterocycles. The fraction of sp³-hybridized carbons (Fsp3) is 0.294. The normalized spacial score (nSPS) is 16.9. The lowest BCUT2D eigenvalue weighted by Gasteiger charge is -2.16. The SMILES string of the molecule is C[C@H]1CCc2sc(C(=O)Nc3ccccc3C#N)cc2C1. The van der Waals surface area contributed by atoms with Crippen molar-refractivity contribution in [1.82, 2.24) is 0 Å². The first-order valence-electron chi connectivity index (χ1n) is 7.09. The Morgan fingerprint density at radius 2 is 2.24 bits per heavy atom. The lowest BCUT2D eigenvalue weighted by molar-refractivity contribution is 0.103. The Kier molecular flexibility index (Phi) is 3.76. The smallest absolute Gasteiger partial charge is 0.265 e. The Balaban J connectivity index is 1.82. The number of nitrogens with zero attached hydrogens (tertiary/aromatic N) is 1. The van der Waals surface area contributed by atoms with Gasteiger partial charge in [0.05, 0.1) is 16.1 Å². The van der Waals surface area contributed by atoms with Crippen LogP contribution in [-0.2, 0) is 12.8 Å². The molecule has 1 atom stereocenters. The van der Waals surface area contributed by atoms with E-state index >= 15 is 0 Å². The fourth-order valence-corrected chi connectivity index (χ4v) is 3.79. The van der Waals surface area contributed by atoms with Crippen LogP contribution in [0.25, 0.3) is 0 Å². The van der Waals surface area contributed by atoms with E-state index in [0.717, 1.165) is 17.7 Å². The lowest BCUT2D eigenvalue weighted by atomic mass is 9.90. The third-order valence-corrected chi connectivity index (χ3v) is 5.08. The third-order valence-electron chi connectivity index (χ3n) is 3.85. The van der Waals surface area contributed by atoms with Gasteiger partial charge in [-0.05, 0) is 48.9 Å². The molecule has 1 heterocycles. The van der Waals surface area contributed by atoms with Crippen LogP contribution in [-0.4, -0.2) is 5.91 Å². The van der Waals surface area contributed by atoms with E-state index in [-0.39, 0.29) is 5.91 Å². The van der Waals surface area contributed by atoms with Crippen molar-refractivity contribution in [2.45, 2.75) is 26.2 Å². The van der Waals surface area contributed by atoms with Gasteiger partial charge in [0.2, 0.25) is 0 Å². The molecule has 106 valence electrons. The second kappa shape index (κ2) is 5.71. The van der Waals surface area contributed by atoms with Crippen molar-refractivity contribution in [1.29, 1.82) is 5.26 Å². The first-order valence-corrected chi connectivity index (χ1v) is 7.91. The lowest BCUT2D eigenvalue weighted by Crippen LogP contribution is -2.11. The van der Waals surface area contributed by atoms with Crippen molar-refractivity contribution in [3.8, 4) is 6.07 Å². The predicted octanol–water partition coefficient (Wildman–Crippen LogP) is 4.00. The first-order chi connectivity index (χ1) is 10.2. The van der Waals surface area contributed by atoms with Crippen LogP contribution in [0.5, 0.6) is 0 Å². The number of para-hydroxylation sites is 1. The number of nitrogens with one attached hydrogen (secondary N) is 1. The molecule has 0 bridgehead atoms. The number of carbonyl (C=O) groups is 1. The molecule has 1 aliphatic rings. The van der Waals surface area contributed by atoms with E-state index in [4.69, 9.17) is 5.26 Å². The highest BCUT2D eigenvalue weighted by molar-refractivity contribution is 7.14. The molecule has 0 unspecified atom stereocenters. The van der Waals surface area contributed by atoms with Crippen LogP contribution in [0.1, 0.15) is 39.0 Å². The molecule has 0 fully saturated rings. The van der Waals surface area contributed by atoms with Gasteiger partial charge in [-0.1, -0.05) is 19.1 Å². The zero-order valence-corrected chi connectivity index (χ0v) is 12.7. The molecule has 1 aromatic carbocycles. The zero-order chi connectivity index (χ0) is 14.8. The third kappa shape index (κ3) is 2.84. The van der Waals surface area contributed by atoms with Crippen molar-refractivity contribution < 1.29 is 4.79 Å². The molecule has 0 radical (unpaired) electrons. The summed E-state index contributed by atoms with van der Waals surface area (Å²) in [5.74, 6) is 0.576. The van der Waals surface area contributed by atoms with Crippen LogP contribution in [0.3, 0.4) is 0 Å². The number of nitriles is 1. The number of hydrogen-bond acceptors (Lipinski definition) is 3. The van der Waals surface area contributed by atoms with Gasteiger partial charge in [-0.25, -0.2) is 0 Å². The quantitative estimate of drug-likeness (QED) is 0.910. The van der Waals surface area contributed by atoms with Gasteiger partial charge in [-0.15, -0.1) is 11.3 Å². The largest absolute Gasteiger partial charge is 0.320 e. The molecule has 3 rings (SSSR count). The minimum atomic E-state index is -0.121. The number of fused-ring (bicyclic) bond motifs is 1. The Morgan fingerprint density at radius 3 is 3.05 bits per heavy atom. The second-order valence-corrected chi connectivity index (χ2v) is 6.66. The standard InChI is InChI=1S/C17H16N2OS/c1-11-6-7-15-13(8-11)9-16(21-15)17(20)19-14-5-3-2-4-12(14)10-18/h2-5,9,11H,6-8H2,1H3,(H,19,20)/t11-/m0/s1. The number of thiophene rings is 1. The van der Waals surface area contributed by atoms with Crippen molar-refractivity contribution in [2.24, 2.45) is 5.92 Å². The summed E-state index contributed by atoms with van der Waals surface area (Å²) in [7, 11) is 0. The van der Waals surface area contributed by atoms with Gasteiger partial charge < -0.3 is 5.32 Å². The van der Waals surface area contributed by atoms with Crippen LogP contribution in [0.15, 0.2) is 30.3 Å². The van der Waals surface area contributed by atoms with Gasteiger partial charge in [-0.2, -0.15) is 5.26 Å². The molecule has 1 N–H and O–H groups in total. The highest BCUT2D eigenvalue weighted by atomic mass is 32.1. The van der Waals surface area contributed by atoms with Crippen molar-refractivity contribution >= 4 is 22.9 Å². The summed E-state index contributed by atoms with van der Waals surface area (Å²) in [6, 6.07) is 11.2. The summed E-state index contributed by atoms with van der Waals surface area (Å²) in [4.78, 5) is 14.4. The molecule has 0 saturated heterocycles. The summed E-state index contributed by atoms with van der Waals surface area (Å²) in [5, 5.41) is 11.9. The topological polar surface area (TPSA) is 52.9 Å². The minimum absolute atomic E-state index is 0.121. The van der Waals surface area contributed by atoms with Crippen LogP contribution in [0, 0.1) is 17.2 Å². The molecule has 1 aliphatic carbocycles. The number of aryl methyl sites for hydroxylation is 1. The molecule has 21 heavy (non-hydrogen) atoms. The Morgan fingerprint density at radius 1 is 1.43 bits per heavy atom. The van der Waals surface area contributed by atoms with Gasteiger partial charge >= 0.3 is 0 Å². The van der Waals surface area contributed by atoms with Crippen molar-refractivity contribution in [2.75, 3.05) is 5.32 Å². The first kappa shape index (κ1) is 13.8. The van der Waals surface area contributed by atoms with Gasteiger partial charge in [0.25, 0.3) is 5.91 Å². The Labute approximate surface area is 128 Å².